The molecule has 0 aliphatic heterocycles. The van der Waals surface area contributed by atoms with Crippen LogP contribution in [0, 0.1) is 5.41 Å². The number of carbonyl (C=O) groups is 1. The summed E-state index contributed by atoms with van der Waals surface area (Å²) in [7, 11) is 0. The van der Waals surface area contributed by atoms with Gasteiger partial charge in [-0.15, -0.1) is 12.4 Å². The fraction of sp³-hybridized carbons (Fsp3) is 0.917. The molecule has 1 aliphatic rings. The SMILES string of the molecule is CCOCCC1(CNC(=O)[C@H](C)N)CCC1.Cl. The number of ether oxygens (including phenoxy) is 1. The molecule has 0 aromatic carbocycles. The molecule has 0 aromatic heterocycles. The lowest BCUT2D eigenvalue weighted by Crippen LogP contribution is -2.47. The van der Waals surface area contributed by atoms with Gasteiger partial charge in [-0.1, -0.05) is 6.42 Å². The van der Waals surface area contributed by atoms with Crippen LogP contribution in [0.5, 0.6) is 0 Å². The van der Waals surface area contributed by atoms with Crippen molar-refractivity contribution in [2.45, 2.75) is 45.6 Å². The number of halogens is 1. The lowest BCUT2D eigenvalue weighted by atomic mass is 9.66. The van der Waals surface area contributed by atoms with Gasteiger partial charge in [0.1, 0.15) is 0 Å². The van der Waals surface area contributed by atoms with Gasteiger partial charge in [0.25, 0.3) is 0 Å². The molecule has 1 amide bonds. The van der Waals surface area contributed by atoms with Gasteiger partial charge in [-0.3, -0.25) is 4.79 Å². The molecule has 0 bridgehead atoms. The van der Waals surface area contributed by atoms with Crippen molar-refractivity contribution in [1.29, 1.82) is 0 Å². The van der Waals surface area contributed by atoms with Crippen LogP contribution in [0.1, 0.15) is 39.5 Å². The summed E-state index contributed by atoms with van der Waals surface area (Å²) in [4.78, 5) is 11.4. The maximum Gasteiger partial charge on any atom is 0.236 e. The molecule has 1 aliphatic carbocycles. The fourth-order valence-electron chi connectivity index (χ4n) is 2.06. The molecule has 17 heavy (non-hydrogen) atoms. The fourth-order valence-corrected chi connectivity index (χ4v) is 2.06. The van der Waals surface area contributed by atoms with Crippen molar-refractivity contribution in [2.24, 2.45) is 11.1 Å². The summed E-state index contributed by atoms with van der Waals surface area (Å²) in [6, 6.07) is -0.413. The van der Waals surface area contributed by atoms with Crippen LogP contribution < -0.4 is 11.1 Å². The third-order valence-corrected chi connectivity index (χ3v) is 3.45. The van der Waals surface area contributed by atoms with E-state index in [1.807, 2.05) is 6.92 Å². The molecule has 1 fully saturated rings. The Morgan fingerprint density at radius 1 is 1.53 bits per heavy atom. The van der Waals surface area contributed by atoms with E-state index >= 15 is 0 Å². The molecule has 1 rings (SSSR count). The number of nitrogens with two attached hydrogens (primary N) is 1. The first-order valence-corrected chi connectivity index (χ1v) is 6.21. The number of amides is 1. The van der Waals surface area contributed by atoms with Crippen molar-refractivity contribution in [3.05, 3.63) is 0 Å². The average Bonchev–Trinajstić information content (AvgIpc) is 2.20. The van der Waals surface area contributed by atoms with E-state index < -0.39 is 6.04 Å². The Labute approximate surface area is 110 Å². The summed E-state index contributed by atoms with van der Waals surface area (Å²) in [5, 5.41) is 2.93. The second-order valence-electron chi connectivity index (χ2n) is 4.81. The molecule has 0 unspecified atom stereocenters. The highest BCUT2D eigenvalue weighted by atomic mass is 35.5. The molecule has 0 spiro atoms. The molecule has 0 radical (unpaired) electrons. The number of hydrogen-bond donors (Lipinski definition) is 2. The summed E-state index contributed by atoms with van der Waals surface area (Å²) in [6.45, 7) is 6.03. The van der Waals surface area contributed by atoms with Crippen molar-refractivity contribution in [3.8, 4) is 0 Å². The molecular formula is C12H25ClN2O2. The third kappa shape index (κ3) is 5.23. The van der Waals surface area contributed by atoms with Crippen LogP contribution in [0.15, 0.2) is 0 Å². The summed E-state index contributed by atoms with van der Waals surface area (Å²) >= 11 is 0. The van der Waals surface area contributed by atoms with Gasteiger partial charge in [0, 0.05) is 19.8 Å². The van der Waals surface area contributed by atoms with Crippen molar-refractivity contribution >= 4 is 18.3 Å². The van der Waals surface area contributed by atoms with Crippen LogP contribution in [0.2, 0.25) is 0 Å². The van der Waals surface area contributed by atoms with Crippen LogP contribution in [0.25, 0.3) is 0 Å². The van der Waals surface area contributed by atoms with Crippen molar-refractivity contribution in [1.82, 2.24) is 5.32 Å². The van der Waals surface area contributed by atoms with Gasteiger partial charge in [-0.05, 0) is 38.5 Å². The second kappa shape index (κ2) is 7.90. The lowest BCUT2D eigenvalue weighted by Gasteiger charge is -2.42. The van der Waals surface area contributed by atoms with Crippen molar-refractivity contribution in [2.75, 3.05) is 19.8 Å². The predicted molar refractivity (Wildman–Crippen MR) is 71.3 cm³/mol. The van der Waals surface area contributed by atoms with Crippen molar-refractivity contribution < 1.29 is 9.53 Å². The first-order valence-electron chi connectivity index (χ1n) is 6.21. The topological polar surface area (TPSA) is 64.3 Å². The van der Waals surface area contributed by atoms with Crippen LogP contribution >= 0.6 is 12.4 Å². The van der Waals surface area contributed by atoms with Gasteiger partial charge < -0.3 is 15.8 Å². The van der Waals surface area contributed by atoms with Crippen LogP contribution in [-0.2, 0) is 9.53 Å². The van der Waals surface area contributed by atoms with Gasteiger partial charge in [-0.2, -0.15) is 0 Å². The lowest BCUT2D eigenvalue weighted by molar-refractivity contribution is -0.123. The smallest absolute Gasteiger partial charge is 0.236 e. The Bertz CT molecular complexity index is 231. The van der Waals surface area contributed by atoms with Crippen molar-refractivity contribution in [3.63, 3.8) is 0 Å². The highest BCUT2D eigenvalue weighted by Gasteiger charge is 2.36. The van der Waals surface area contributed by atoms with Crippen LogP contribution in [0.3, 0.4) is 0 Å². The van der Waals surface area contributed by atoms with E-state index in [0.29, 0.717) is 0 Å². The van der Waals surface area contributed by atoms with Gasteiger partial charge in [-0.25, -0.2) is 0 Å². The minimum Gasteiger partial charge on any atom is -0.382 e. The van der Waals surface area contributed by atoms with E-state index in [2.05, 4.69) is 5.32 Å². The Morgan fingerprint density at radius 3 is 2.59 bits per heavy atom. The molecule has 0 saturated heterocycles. The maximum atomic E-state index is 11.4. The predicted octanol–water partition coefficient (Wildman–Crippen LogP) is 1.47. The Hall–Kier alpha value is -0.320. The Balaban J connectivity index is 0.00000256. The Kier molecular flexibility index (Phi) is 7.75. The minimum absolute atomic E-state index is 0. The summed E-state index contributed by atoms with van der Waals surface area (Å²) < 4.78 is 5.38. The maximum absolute atomic E-state index is 11.4. The Morgan fingerprint density at radius 2 is 2.18 bits per heavy atom. The molecule has 0 heterocycles. The van der Waals surface area contributed by atoms with E-state index in [0.717, 1.165) is 26.2 Å². The standard InChI is InChI=1S/C12H24N2O2.ClH/c1-3-16-8-7-12(5-4-6-12)9-14-11(15)10(2)13;/h10H,3-9,13H2,1-2H3,(H,14,15);1H/t10-;/m0./s1. The highest BCUT2D eigenvalue weighted by Crippen LogP contribution is 2.43. The first kappa shape index (κ1) is 16.7. The average molecular weight is 265 g/mol. The molecule has 5 heteroatoms. The van der Waals surface area contributed by atoms with Gasteiger partial charge in [0.15, 0.2) is 0 Å². The monoisotopic (exact) mass is 264 g/mol. The van der Waals surface area contributed by atoms with E-state index in [4.69, 9.17) is 10.5 Å². The van der Waals surface area contributed by atoms with Gasteiger partial charge in [0.2, 0.25) is 5.91 Å². The zero-order chi connectivity index (χ0) is 12.0. The van der Waals surface area contributed by atoms with Crippen LogP contribution in [-0.4, -0.2) is 31.7 Å². The first-order chi connectivity index (χ1) is 7.59. The highest BCUT2D eigenvalue weighted by molar-refractivity contribution is 5.85. The van der Waals surface area contributed by atoms with Gasteiger partial charge >= 0.3 is 0 Å². The van der Waals surface area contributed by atoms with Gasteiger partial charge in [0.05, 0.1) is 6.04 Å². The minimum atomic E-state index is -0.413. The summed E-state index contributed by atoms with van der Waals surface area (Å²) in [5.41, 5.74) is 5.79. The zero-order valence-electron chi connectivity index (χ0n) is 10.8. The number of nitrogens with one attached hydrogen (secondary N) is 1. The molecule has 3 N–H and O–H groups in total. The zero-order valence-corrected chi connectivity index (χ0v) is 11.6. The van der Waals surface area contributed by atoms with Crippen LogP contribution in [0.4, 0.5) is 0 Å². The molecule has 102 valence electrons. The van der Waals surface area contributed by atoms with E-state index in [1.54, 1.807) is 6.92 Å². The normalized spacial score (nSPS) is 18.8. The van der Waals surface area contributed by atoms with E-state index in [9.17, 15) is 4.79 Å². The van der Waals surface area contributed by atoms with E-state index in [1.165, 1.54) is 19.3 Å². The second-order valence-corrected chi connectivity index (χ2v) is 4.81. The summed E-state index contributed by atoms with van der Waals surface area (Å²) in [5.74, 6) is -0.0531. The molecule has 1 saturated carbocycles. The number of hydrogen-bond acceptors (Lipinski definition) is 3. The largest absolute Gasteiger partial charge is 0.382 e. The molecule has 4 nitrogen and oxygen atoms in total. The van der Waals surface area contributed by atoms with E-state index in [-0.39, 0.29) is 23.7 Å². The molecular weight excluding hydrogens is 240 g/mol. The molecule has 1 atom stereocenters. The number of carbonyl (C=O) groups excluding carboxylic acids is 1. The third-order valence-electron chi connectivity index (χ3n) is 3.45. The quantitative estimate of drug-likeness (QED) is 0.685. The molecule has 0 aromatic rings. The number of rotatable bonds is 7. The summed E-state index contributed by atoms with van der Waals surface area (Å²) in [6.07, 6.45) is 4.69.